The van der Waals surface area contributed by atoms with Gasteiger partial charge in [0.25, 0.3) is 0 Å². The molecule has 1 aromatic carbocycles. The Hall–Kier alpha value is -1.56. The van der Waals surface area contributed by atoms with Gasteiger partial charge in [-0.15, -0.1) is 0 Å². The van der Waals surface area contributed by atoms with Crippen molar-refractivity contribution in [2.45, 2.75) is 19.8 Å². The van der Waals surface area contributed by atoms with E-state index in [-0.39, 0.29) is 18.4 Å². The Morgan fingerprint density at radius 3 is 2.50 bits per heavy atom. The molecule has 110 valence electrons. The largest absolute Gasteiger partial charge is 0.494 e. The van der Waals surface area contributed by atoms with Crippen LogP contribution in [0.5, 0.6) is 5.75 Å². The predicted octanol–water partition coefficient (Wildman–Crippen LogP) is 1.86. The third-order valence-corrected chi connectivity index (χ3v) is 2.98. The number of hydrogen-bond acceptors (Lipinski definition) is 3. The summed E-state index contributed by atoms with van der Waals surface area (Å²) in [6.07, 6.45) is 0.952. The lowest BCUT2D eigenvalue weighted by molar-refractivity contribution is -0.126. The first-order valence-electron chi connectivity index (χ1n) is 6.53. The van der Waals surface area contributed by atoms with E-state index in [1.807, 2.05) is 31.2 Å². The van der Waals surface area contributed by atoms with Crippen molar-refractivity contribution in [2.24, 2.45) is 0 Å². The molecule has 0 atom stereocenters. The summed E-state index contributed by atoms with van der Waals surface area (Å²) in [5, 5.41) is 5.17. The average Bonchev–Trinajstić information content (AvgIpc) is 2.43. The second-order valence-corrected chi connectivity index (χ2v) is 5.05. The van der Waals surface area contributed by atoms with Gasteiger partial charge in [-0.25, -0.2) is 0 Å². The fraction of sp³-hybridized carbons (Fsp3) is 0.429. The van der Waals surface area contributed by atoms with Crippen molar-refractivity contribution in [3.8, 4) is 5.75 Å². The van der Waals surface area contributed by atoms with E-state index in [4.69, 9.17) is 4.74 Å². The van der Waals surface area contributed by atoms with Crippen molar-refractivity contribution in [3.05, 3.63) is 28.7 Å². The summed E-state index contributed by atoms with van der Waals surface area (Å²) < 4.78 is 6.49. The van der Waals surface area contributed by atoms with Gasteiger partial charge in [-0.1, -0.05) is 15.9 Å². The lowest BCUT2D eigenvalue weighted by Crippen LogP contribution is -2.36. The highest BCUT2D eigenvalue weighted by Gasteiger charge is 2.04. The molecule has 5 nitrogen and oxygen atoms in total. The van der Waals surface area contributed by atoms with E-state index in [1.54, 1.807) is 0 Å². The third-order valence-electron chi connectivity index (χ3n) is 2.45. The van der Waals surface area contributed by atoms with Gasteiger partial charge in [0.1, 0.15) is 5.75 Å². The van der Waals surface area contributed by atoms with Crippen LogP contribution in [0.1, 0.15) is 19.8 Å². The number of carbonyl (C=O) groups excluding carboxylic acids is 2. The first-order chi connectivity index (χ1) is 9.61. The third kappa shape index (κ3) is 7.13. The SMILES string of the molecule is CCNC(=O)CNC(=O)CCCOc1ccc(Br)cc1. The van der Waals surface area contributed by atoms with Crippen LogP contribution in [0.4, 0.5) is 0 Å². The molecule has 2 amide bonds. The molecule has 20 heavy (non-hydrogen) atoms. The number of benzene rings is 1. The molecule has 0 aliphatic heterocycles. The van der Waals surface area contributed by atoms with Gasteiger partial charge in [0.15, 0.2) is 0 Å². The topological polar surface area (TPSA) is 67.4 Å². The average molecular weight is 343 g/mol. The number of carbonyl (C=O) groups is 2. The number of halogens is 1. The molecule has 0 aliphatic carbocycles. The van der Waals surface area contributed by atoms with Gasteiger partial charge in [-0.3, -0.25) is 9.59 Å². The van der Waals surface area contributed by atoms with Crippen LogP contribution in [0.25, 0.3) is 0 Å². The molecule has 0 spiro atoms. The maximum Gasteiger partial charge on any atom is 0.239 e. The minimum atomic E-state index is -0.174. The zero-order chi connectivity index (χ0) is 14.8. The number of likely N-dealkylation sites (N-methyl/N-ethyl adjacent to an activating group) is 1. The van der Waals surface area contributed by atoms with Crippen LogP contribution in [0.3, 0.4) is 0 Å². The van der Waals surface area contributed by atoms with Gasteiger partial charge < -0.3 is 15.4 Å². The fourth-order valence-electron chi connectivity index (χ4n) is 1.48. The molecule has 0 bridgehead atoms. The normalized spacial score (nSPS) is 9.90. The highest BCUT2D eigenvalue weighted by molar-refractivity contribution is 9.10. The minimum absolute atomic E-state index is 0.0280. The summed E-state index contributed by atoms with van der Waals surface area (Å²) in [6.45, 7) is 2.89. The molecule has 0 fully saturated rings. The Balaban J connectivity index is 2.10. The van der Waals surface area contributed by atoms with E-state index >= 15 is 0 Å². The van der Waals surface area contributed by atoms with Gasteiger partial charge >= 0.3 is 0 Å². The summed E-state index contributed by atoms with van der Waals surface area (Å²) in [5.41, 5.74) is 0. The molecule has 0 aliphatic rings. The smallest absolute Gasteiger partial charge is 0.239 e. The van der Waals surface area contributed by atoms with Crippen LogP contribution in [0, 0.1) is 0 Å². The molecule has 2 N–H and O–H groups in total. The fourth-order valence-corrected chi connectivity index (χ4v) is 1.74. The standard InChI is InChI=1S/C14H19BrN2O3/c1-2-16-14(19)10-17-13(18)4-3-9-20-12-7-5-11(15)6-8-12/h5-8H,2-4,9-10H2,1H3,(H,16,19)(H,17,18). The highest BCUT2D eigenvalue weighted by atomic mass is 79.9. The van der Waals surface area contributed by atoms with E-state index in [9.17, 15) is 9.59 Å². The summed E-state index contributed by atoms with van der Waals surface area (Å²) in [7, 11) is 0. The Bertz CT molecular complexity index is 435. The van der Waals surface area contributed by atoms with Crippen LogP contribution < -0.4 is 15.4 Å². The van der Waals surface area contributed by atoms with Crippen molar-refractivity contribution in [2.75, 3.05) is 19.7 Å². The first-order valence-corrected chi connectivity index (χ1v) is 7.33. The van der Waals surface area contributed by atoms with E-state index in [0.29, 0.717) is 26.0 Å². The molecule has 0 heterocycles. The lowest BCUT2D eigenvalue weighted by Gasteiger charge is -2.07. The molecule has 0 saturated heterocycles. The molecule has 0 unspecified atom stereocenters. The highest BCUT2D eigenvalue weighted by Crippen LogP contribution is 2.16. The summed E-state index contributed by atoms with van der Waals surface area (Å²) in [4.78, 5) is 22.6. The molecular weight excluding hydrogens is 324 g/mol. The van der Waals surface area contributed by atoms with Crippen LogP contribution in [-0.2, 0) is 9.59 Å². The Kier molecular flexibility index (Phi) is 7.72. The Morgan fingerprint density at radius 1 is 1.15 bits per heavy atom. The number of nitrogens with one attached hydrogen (secondary N) is 2. The van der Waals surface area contributed by atoms with Crippen LogP contribution in [-0.4, -0.2) is 31.5 Å². The quantitative estimate of drug-likeness (QED) is 0.708. The molecule has 0 aromatic heterocycles. The van der Waals surface area contributed by atoms with Crippen molar-refractivity contribution >= 4 is 27.7 Å². The van der Waals surface area contributed by atoms with Gasteiger partial charge in [-0.05, 0) is 37.6 Å². The monoisotopic (exact) mass is 342 g/mol. The van der Waals surface area contributed by atoms with E-state index in [1.165, 1.54) is 0 Å². The van der Waals surface area contributed by atoms with E-state index < -0.39 is 0 Å². The molecular formula is C14H19BrN2O3. The van der Waals surface area contributed by atoms with Gasteiger partial charge in [0.05, 0.1) is 13.2 Å². The Morgan fingerprint density at radius 2 is 1.85 bits per heavy atom. The number of rotatable bonds is 8. The molecule has 0 radical (unpaired) electrons. The second kappa shape index (κ2) is 9.36. The van der Waals surface area contributed by atoms with E-state index in [0.717, 1.165) is 10.2 Å². The molecule has 1 rings (SSSR count). The minimum Gasteiger partial charge on any atom is -0.494 e. The molecule has 1 aromatic rings. The van der Waals surface area contributed by atoms with Gasteiger partial charge in [0, 0.05) is 17.4 Å². The Labute approximate surface area is 127 Å². The molecule has 0 saturated carbocycles. The first kappa shape index (κ1) is 16.5. The maximum atomic E-state index is 11.5. The zero-order valence-corrected chi connectivity index (χ0v) is 13.0. The van der Waals surface area contributed by atoms with Gasteiger partial charge in [0.2, 0.25) is 11.8 Å². The summed E-state index contributed by atoms with van der Waals surface area (Å²) >= 11 is 3.35. The molecule has 6 heteroatoms. The van der Waals surface area contributed by atoms with Crippen molar-refractivity contribution in [1.29, 1.82) is 0 Å². The predicted molar refractivity (Wildman–Crippen MR) is 80.6 cm³/mol. The number of ether oxygens (including phenoxy) is 1. The van der Waals surface area contributed by atoms with Crippen molar-refractivity contribution < 1.29 is 14.3 Å². The lowest BCUT2D eigenvalue weighted by atomic mass is 10.3. The van der Waals surface area contributed by atoms with Crippen molar-refractivity contribution in [3.63, 3.8) is 0 Å². The summed E-state index contributed by atoms with van der Waals surface area (Å²) in [6, 6.07) is 7.52. The van der Waals surface area contributed by atoms with Gasteiger partial charge in [-0.2, -0.15) is 0 Å². The van der Waals surface area contributed by atoms with Crippen LogP contribution in [0.2, 0.25) is 0 Å². The zero-order valence-electron chi connectivity index (χ0n) is 11.4. The number of amides is 2. The number of hydrogen-bond donors (Lipinski definition) is 2. The second-order valence-electron chi connectivity index (χ2n) is 4.14. The summed E-state index contributed by atoms with van der Waals surface area (Å²) in [5.74, 6) is 0.457. The van der Waals surface area contributed by atoms with E-state index in [2.05, 4.69) is 26.6 Å². The van der Waals surface area contributed by atoms with Crippen molar-refractivity contribution in [1.82, 2.24) is 10.6 Å². The maximum absolute atomic E-state index is 11.5. The van der Waals surface area contributed by atoms with Crippen LogP contribution in [0.15, 0.2) is 28.7 Å². The van der Waals surface area contributed by atoms with Crippen LogP contribution >= 0.6 is 15.9 Å².